The van der Waals surface area contributed by atoms with Gasteiger partial charge in [-0.15, -0.1) is 11.8 Å². The number of thioether (sulfide) groups is 1. The van der Waals surface area contributed by atoms with Crippen LogP contribution < -0.4 is 43.9 Å². The standard InChI is InChI=1S/C37H60N12O18S.Fe/c1-17(51)47(65)12-5-8-20(38)30(57)40-21(9-6-13-48(66)18(2)52)31(58)41-22(10-7-14-49(67)19(3)53)32(59)42-23(16-50)33(60)44-25(35(61)62)26(54)29-27(55)28(56)34(68-29)46-15-11-24(43-36(39)63)45(4)37(46)64;/h11,15,20-23,25-29,34,50,54-56,65-67H,5-10,12-14,16,38H2,1-4H3,(H2,39,63)(H,40,57)(H,41,58)(H,42,59)(H,44,60)(H,61,62);/b43-24+;/t20-,21-,22+,23+,25+,26-,27+,28+,29-,34+;/m0./s1. The Labute approximate surface area is 407 Å². The number of carboxylic acid groups (broad SMARTS) is 1. The molecule has 9 amide bonds. The fourth-order valence-corrected chi connectivity index (χ4v) is 8.03. The van der Waals surface area contributed by atoms with E-state index in [-0.39, 0.29) is 74.3 Å². The molecule has 0 aliphatic carbocycles. The largest absolute Gasteiger partial charge is 0.480 e. The Bertz CT molecular complexity index is 2130. The molecule has 1 aromatic rings. The first kappa shape index (κ1) is 61.5. The van der Waals surface area contributed by atoms with Crippen molar-refractivity contribution in [3.8, 4) is 0 Å². The number of carbonyl (C=O) groups is 9. The molecule has 0 spiro atoms. The topological polar surface area (TPSA) is 465 Å². The number of aliphatic hydroxyl groups is 4. The fraction of sp³-hybridized carbons (Fsp3) is 0.649. The number of carboxylic acids is 1. The number of amides is 9. The third kappa shape index (κ3) is 18.4. The van der Waals surface area contributed by atoms with Crippen molar-refractivity contribution in [3.63, 3.8) is 0 Å². The zero-order valence-electron chi connectivity index (χ0n) is 37.8. The minimum absolute atomic E-state index is 0. The Morgan fingerprint density at radius 3 is 1.62 bits per heavy atom. The maximum absolute atomic E-state index is 13.8. The van der Waals surface area contributed by atoms with Crippen molar-refractivity contribution in [1.29, 1.82) is 0 Å². The molecule has 390 valence electrons. The maximum Gasteiger partial charge on any atom is 0.340 e. The molecule has 1 aliphatic rings. The Hall–Kier alpha value is -5.54. The molecular weight excluding hydrogens is 988 g/mol. The van der Waals surface area contributed by atoms with Crippen molar-refractivity contribution in [2.45, 2.75) is 118 Å². The second-order valence-corrected chi connectivity index (χ2v) is 16.8. The molecule has 0 radical (unpaired) electrons. The van der Waals surface area contributed by atoms with Crippen molar-refractivity contribution >= 4 is 65.1 Å². The second-order valence-electron chi connectivity index (χ2n) is 15.5. The van der Waals surface area contributed by atoms with Crippen LogP contribution in [0.15, 0.2) is 22.1 Å². The van der Waals surface area contributed by atoms with E-state index in [1.807, 2.05) is 5.32 Å². The molecule has 0 bridgehead atoms. The summed E-state index contributed by atoms with van der Waals surface area (Å²) in [4.78, 5) is 129. The summed E-state index contributed by atoms with van der Waals surface area (Å²) in [7, 11) is 1.21. The van der Waals surface area contributed by atoms with Crippen LogP contribution in [-0.4, -0.2) is 199 Å². The number of nitrogens with one attached hydrogen (secondary N) is 4. The summed E-state index contributed by atoms with van der Waals surface area (Å²) in [5, 5.41) is 89.5. The van der Waals surface area contributed by atoms with Crippen LogP contribution in [0.2, 0.25) is 0 Å². The normalized spacial score (nSPS) is 19.3. The summed E-state index contributed by atoms with van der Waals surface area (Å²) in [6.45, 7) is 1.07. The Morgan fingerprint density at radius 1 is 0.754 bits per heavy atom. The van der Waals surface area contributed by atoms with Gasteiger partial charge in [-0.05, 0) is 44.6 Å². The number of rotatable bonds is 25. The number of urea groups is 1. The third-order valence-corrected chi connectivity index (χ3v) is 12.0. The average Bonchev–Trinajstić information content (AvgIpc) is 3.56. The number of nitrogens with two attached hydrogens (primary N) is 2. The number of carbonyl (C=O) groups excluding carboxylic acids is 8. The van der Waals surface area contributed by atoms with Gasteiger partial charge in [0, 0.05) is 70.7 Å². The number of nitrogens with zero attached hydrogens (tertiary/aromatic N) is 6. The van der Waals surface area contributed by atoms with Crippen molar-refractivity contribution in [1.82, 2.24) is 45.6 Å². The molecule has 10 atom stereocenters. The molecule has 16 N–H and O–H groups in total. The summed E-state index contributed by atoms with van der Waals surface area (Å²) in [6.07, 6.45) is -5.91. The number of aliphatic carboxylic acids is 1. The van der Waals surface area contributed by atoms with Crippen molar-refractivity contribution in [2.75, 3.05) is 26.2 Å². The minimum Gasteiger partial charge on any atom is -0.480 e. The Balaban J connectivity index is 0.0000238. The van der Waals surface area contributed by atoms with Crippen LogP contribution in [0.4, 0.5) is 4.79 Å². The van der Waals surface area contributed by atoms with Crippen LogP contribution in [0.5, 0.6) is 0 Å². The van der Waals surface area contributed by atoms with Crippen LogP contribution in [0, 0.1) is 0 Å². The molecule has 1 aromatic heterocycles. The van der Waals surface area contributed by atoms with E-state index >= 15 is 0 Å². The first-order valence-electron chi connectivity index (χ1n) is 20.8. The monoisotopic (exact) mass is 1050 g/mol. The van der Waals surface area contributed by atoms with Crippen LogP contribution in [0.25, 0.3) is 0 Å². The molecule has 1 aliphatic heterocycles. The summed E-state index contributed by atoms with van der Waals surface area (Å²) in [5.74, 6) is -8.71. The first-order valence-corrected chi connectivity index (χ1v) is 21.7. The smallest absolute Gasteiger partial charge is 0.340 e. The Kier molecular flexibility index (Phi) is 25.7. The summed E-state index contributed by atoms with van der Waals surface area (Å²) in [5.41, 5.74) is 9.99. The van der Waals surface area contributed by atoms with E-state index in [1.165, 1.54) is 13.1 Å². The van der Waals surface area contributed by atoms with Gasteiger partial charge in [-0.3, -0.25) is 58.3 Å². The van der Waals surface area contributed by atoms with Gasteiger partial charge in [-0.25, -0.2) is 29.6 Å². The van der Waals surface area contributed by atoms with Crippen LogP contribution in [-0.2, 0) is 62.5 Å². The molecule has 0 saturated carbocycles. The molecule has 69 heavy (non-hydrogen) atoms. The molecule has 1 fully saturated rings. The molecule has 0 aromatic carbocycles. The number of hydrogen-bond acceptors (Lipinski definition) is 19. The number of hydrogen-bond donors (Lipinski definition) is 14. The fourth-order valence-electron chi connectivity index (χ4n) is 6.46. The van der Waals surface area contributed by atoms with E-state index in [0.717, 1.165) is 36.1 Å². The quantitative estimate of drug-likeness (QED) is 0.0246. The number of primary amides is 1. The van der Waals surface area contributed by atoms with Gasteiger partial charge in [0.15, 0.2) is 6.04 Å². The molecule has 1 saturated heterocycles. The van der Waals surface area contributed by atoms with E-state index < -0.39 is 131 Å². The van der Waals surface area contributed by atoms with Crippen LogP contribution in [0.3, 0.4) is 0 Å². The van der Waals surface area contributed by atoms with Gasteiger partial charge in [0.25, 0.3) is 0 Å². The van der Waals surface area contributed by atoms with Crippen LogP contribution >= 0.6 is 11.8 Å². The van der Waals surface area contributed by atoms with Crippen molar-refractivity contribution in [3.05, 3.63) is 28.2 Å². The number of hydroxylamine groups is 6. The molecule has 0 unspecified atom stereocenters. The second kappa shape index (κ2) is 28.8. The minimum atomic E-state index is -2.31. The predicted octanol–water partition coefficient (Wildman–Crippen LogP) is -6.74. The third-order valence-electron chi connectivity index (χ3n) is 10.4. The average molecular weight is 1050 g/mol. The molecular formula is C37H60FeN12O18S. The first-order chi connectivity index (χ1) is 31.7. The van der Waals surface area contributed by atoms with Crippen molar-refractivity contribution in [2.24, 2.45) is 23.5 Å². The van der Waals surface area contributed by atoms with Gasteiger partial charge >= 0.3 is 17.7 Å². The number of aromatic nitrogens is 2. The van der Waals surface area contributed by atoms with E-state index in [1.54, 1.807) is 0 Å². The van der Waals surface area contributed by atoms with Gasteiger partial charge in [-0.1, -0.05) is 0 Å². The SMILES string of the molecule is CC(=O)N(O)CCC[C@H](NC(=O)[C@@H](N)CCCN(O)C(C)=O)C(=O)N[C@H](CCCN(O)C(C)=O)C(=O)N[C@H](CO)C(=O)N[C@@H](C(=O)O)[C@H](O)[C@@H]1S[C@@H](n2cc/c(=N\C(N)=O)n(C)c2=O)[C@H](O)[C@H]1O.[Fe]. The zero-order valence-corrected chi connectivity index (χ0v) is 39.7. The van der Waals surface area contributed by atoms with E-state index in [0.29, 0.717) is 27.0 Å². The van der Waals surface area contributed by atoms with Gasteiger partial charge in [0.2, 0.25) is 41.4 Å². The predicted molar refractivity (Wildman–Crippen MR) is 229 cm³/mol. The summed E-state index contributed by atoms with van der Waals surface area (Å²) in [6, 6.07) is -8.79. The van der Waals surface area contributed by atoms with Gasteiger partial charge in [0.05, 0.1) is 30.1 Å². The van der Waals surface area contributed by atoms with E-state index in [4.69, 9.17) is 11.5 Å². The molecule has 2 heterocycles. The zero-order chi connectivity index (χ0) is 51.7. The Morgan fingerprint density at radius 2 is 1.19 bits per heavy atom. The van der Waals surface area contributed by atoms with E-state index in [2.05, 4.69) is 20.9 Å². The van der Waals surface area contributed by atoms with Crippen molar-refractivity contribution < 1.29 is 101 Å². The molecule has 32 heteroatoms. The maximum atomic E-state index is 13.8. The summed E-state index contributed by atoms with van der Waals surface area (Å²) < 4.78 is 1.78. The summed E-state index contributed by atoms with van der Waals surface area (Å²) >= 11 is 0.545. The molecule has 30 nitrogen and oxygen atoms in total. The van der Waals surface area contributed by atoms with E-state index in [9.17, 15) is 89.1 Å². The van der Waals surface area contributed by atoms with Gasteiger partial charge in [-0.2, -0.15) is 4.99 Å². The number of aliphatic hydroxyl groups excluding tert-OH is 4. The van der Waals surface area contributed by atoms with Gasteiger partial charge < -0.3 is 58.3 Å². The molecule has 2 rings (SSSR count). The van der Waals surface area contributed by atoms with Gasteiger partial charge in [0.1, 0.15) is 35.1 Å². The van der Waals surface area contributed by atoms with Crippen LogP contribution in [0.1, 0.15) is 64.7 Å².